The first-order chi connectivity index (χ1) is 6.02. The lowest BCUT2D eigenvalue weighted by Gasteiger charge is -2.30. The fourth-order valence-corrected chi connectivity index (χ4v) is 1.91. The molecule has 0 saturated heterocycles. The maximum absolute atomic E-state index is 10.9. The van der Waals surface area contributed by atoms with E-state index in [0.29, 0.717) is 23.8 Å². The van der Waals surface area contributed by atoms with E-state index in [1.807, 2.05) is 6.08 Å². The number of primary amides is 1. The van der Waals surface area contributed by atoms with Crippen molar-refractivity contribution in [3.63, 3.8) is 0 Å². The number of hydrogen-bond acceptors (Lipinski definition) is 2. The molecule has 13 heavy (non-hydrogen) atoms. The van der Waals surface area contributed by atoms with Crippen molar-refractivity contribution in [2.24, 2.45) is 23.3 Å². The molecule has 1 amide bonds. The van der Waals surface area contributed by atoms with Crippen molar-refractivity contribution in [1.82, 2.24) is 0 Å². The lowest BCUT2D eigenvalue weighted by atomic mass is 9.79. The molecule has 2 unspecified atom stereocenters. The predicted octanol–water partition coefficient (Wildman–Crippen LogP) is 0.791. The van der Waals surface area contributed by atoms with E-state index in [4.69, 9.17) is 11.5 Å². The Morgan fingerprint density at radius 2 is 2.23 bits per heavy atom. The van der Waals surface area contributed by atoms with E-state index in [1.54, 1.807) is 0 Å². The van der Waals surface area contributed by atoms with Crippen LogP contribution in [0.5, 0.6) is 0 Å². The molecule has 0 bridgehead atoms. The van der Waals surface area contributed by atoms with E-state index in [-0.39, 0.29) is 11.9 Å². The molecule has 0 spiro atoms. The van der Waals surface area contributed by atoms with Crippen molar-refractivity contribution in [2.45, 2.75) is 32.7 Å². The van der Waals surface area contributed by atoms with Crippen LogP contribution in [0.1, 0.15) is 26.7 Å². The van der Waals surface area contributed by atoms with Crippen LogP contribution in [0.25, 0.3) is 0 Å². The van der Waals surface area contributed by atoms with E-state index in [0.717, 1.165) is 6.42 Å². The number of rotatable bonds is 2. The average molecular weight is 182 g/mol. The van der Waals surface area contributed by atoms with Crippen LogP contribution in [0, 0.1) is 11.8 Å². The van der Waals surface area contributed by atoms with Crippen LogP contribution in [0.2, 0.25) is 0 Å². The van der Waals surface area contributed by atoms with Gasteiger partial charge in [0.05, 0.1) is 0 Å². The van der Waals surface area contributed by atoms with Crippen LogP contribution in [0.15, 0.2) is 11.6 Å². The second kappa shape index (κ2) is 3.92. The molecule has 0 aromatic heterocycles. The zero-order chi connectivity index (χ0) is 10.0. The van der Waals surface area contributed by atoms with Gasteiger partial charge in [0.15, 0.2) is 0 Å². The number of carbonyl (C=O) groups is 1. The summed E-state index contributed by atoms with van der Waals surface area (Å²) >= 11 is 0. The van der Waals surface area contributed by atoms with E-state index in [1.165, 1.54) is 0 Å². The fourth-order valence-electron chi connectivity index (χ4n) is 1.91. The minimum atomic E-state index is -0.322. The Bertz CT molecular complexity index is 233. The molecule has 3 heteroatoms. The van der Waals surface area contributed by atoms with Crippen LogP contribution in [0.4, 0.5) is 0 Å². The maximum atomic E-state index is 10.9. The van der Waals surface area contributed by atoms with Crippen LogP contribution in [0.3, 0.4) is 0 Å². The molecule has 0 saturated carbocycles. The molecule has 1 aliphatic rings. The summed E-state index contributed by atoms with van der Waals surface area (Å²) in [5.41, 5.74) is 11.8. The zero-order valence-electron chi connectivity index (χ0n) is 8.29. The number of allylic oxidation sites excluding steroid dienone is 1. The summed E-state index contributed by atoms with van der Waals surface area (Å²) in [5, 5.41) is 0. The highest BCUT2D eigenvalue weighted by molar-refractivity contribution is 5.92. The average Bonchev–Trinajstić information content (AvgIpc) is 2.03. The van der Waals surface area contributed by atoms with Crippen LogP contribution < -0.4 is 11.5 Å². The Morgan fingerprint density at radius 1 is 1.62 bits per heavy atom. The Hall–Kier alpha value is -0.830. The van der Waals surface area contributed by atoms with Crippen LogP contribution in [-0.4, -0.2) is 11.9 Å². The fraction of sp³-hybridized carbons (Fsp3) is 0.700. The Kier molecular flexibility index (Phi) is 3.09. The third-order valence-electron chi connectivity index (χ3n) is 2.81. The molecule has 1 aliphatic carbocycles. The number of nitrogens with two attached hydrogens (primary N) is 2. The molecule has 0 aliphatic heterocycles. The molecule has 4 N–H and O–H groups in total. The van der Waals surface area contributed by atoms with Gasteiger partial charge >= 0.3 is 0 Å². The molecule has 0 aromatic rings. The summed E-state index contributed by atoms with van der Waals surface area (Å²) in [6.07, 6.45) is 3.46. The standard InChI is InChI=1S/C10H18N2O/c1-6(2)8-4-3-7(10(12)13)5-9(8)11/h3,6,8-9H,4-5,11H2,1-2H3,(H2,12,13). The van der Waals surface area contributed by atoms with Gasteiger partial charge in [-0.05, 0) is 24.7 Å². The van der Waals surface area contributed by atoms with Gasteiger partial charge in [0.1, 0.15) is 0 Å². The van der Waals surface area contributed by atoms with E-state index in [2.05, 4.69) is 13.8 Å². The van der Waals surface area contributed by atoms with Gasteiger partial charge in [-0.2, -0.15) is 0 Å². The third-order valence-corrected chi connectivity index (χ3v) is 2.81. The van der Waals surface area contributed by atoms with Crippen LogP contribution in [-0.2, 0) is 4.79 Å². The number of hydrogen-bond donors (Lipinski definition) is 2. The molecular weight excluding hydrogens is 164 g/mol. The van der Waals surface area contributed by atoms with Gasteiger partial charge in [-0.25, -0.2) is 0 Å². The summed E-state index contributed by atoms with van der Waals surface area (Å²) in [4.78, 5) is 10.9. The lowest BCUT2D eigenvalue weighted by molar-refractivity contribution is -0.114. The second-order valence-corrected chi connectivity index (χ2v) is 4.11. The van der Waals surface area contributed by atoms with Gasteiger partial charge in [-0.1, -0.05) is 19.9 Å². The molecule has 3 nitrogen and oxygen atoms in total. The first-order valence-electron chi connectivity index (χ1n) is 4.76. The Labute approximate surface area is 79.2 Å². The molecule has 1 rings (SSSR count). The van der Waals surface area contributed by atoms with Gasteiger partial charge < -0.3 is 11.5 Å². The summed E-state index contributed by atoms with van der Waals surface area (Å²) in [5.74, 6) is 0.737. The highest BCUT2D eigenvalue weighted by Crippen LogP contribution is 2.28. The predicted molar refractivity (Wildman–Crippen MR) is 52.8 cm³/mol. The second-order valence-electron chi connectivity index (χ2n) is 4.11. The van der Waals surface area contributed by atoms with Crippen molar-refractivity contribution in [3.8, 4) is 0 Å². The molecule has 2 atom stereocenters. The van der Waals surface area contributed by atoms with Crippen molar-refractivity contribution in [2.75, 3.05) is 0 Å². The van der Waals surface area contributed by atoms with Crippen molar-refractivity contribution >= 4 is 5.91 Å². The lowest BCUT2D eigenvalue weighted by Crippen LogP contribution is -2.37. The molecular formula is C10H18N2O. The topological polar surface area (TPSA) is 69.1 Å². The summed E-state index contributed by atoms with van der Waals surface area (Å²) in [7, 11) is 0. The van der Waals surface area contributed by atoms with Crippen molar-refractivity contribution in [3.05, 3.63) is 11.6 Å². The van der Waals surface area contributed by atoms with E-state index in [9.17, 15) is 4.79 Å². The Morgan fingerprint density at radius 3 is 2.62 bits per heavy atom. The SMILES string of the molecule is CC(C)C1CC=C(C(N)=O)CC1N. The molecule has 0 aromatic carbocycles. The van der Waals surface area contributed by atoms with Gasteiger partial charge in [0.2, 0.25) is 5.91 Å². The largest absolute Gasteiger partial charge is 0.366 e. The quantitative estimate of drug-likeness (QED) is 0.663. The number of amides is 1. The normalized spacial score (nSPS) is 28.8. The Balaban J connectivity index is 2.68. The van der Waals surface area contributed by atoms with E-state index >= 15 is 0 Å². The van der Waals surface area contributed by atoms with Crippen LogP contribution >= 0.6 is 0 Å². The molecule has 0 radical (unpaired) electrons. The van der Waals surface area contributed by atoms with Crippen molar-refractivity contribution < 1.29 is 4.79 Å². The smallest absolute Gasteiger partial charge is 0.244 e. The molecule has 0 heterocycles. The summed E-state index contributed by atoms with van der Waals surface area (Å²) in [6.45, 7) is 4.32. The van der Waals surface area contributed by atoms with Crippen molar-refractivity contribution in [1.29, 1.82) is 0 Å². The molecule has 0 fully saturated rings. The van der Waals surface area contributed by atoms with Gasteiger partial charge in [0.25, 0.3) is 0 Å². The highest BCUT2D eigenvalue weighted by Gasteiger charge is 2.26. The summed E-state index contributed by atoms with van der Waals surface area (Å²) < 4.78 is 0. The van der Waals surface area contributed by atoms with Gasteiger partial charge in [-0.3, -0.25) is 4.79 Å². The maximum Gasteiger partial charge on any atom is 0.244 e. The molecule has 74 valence electrons. The third kappa shape index (κ3) is 2.31. The zero-order valence-corrected chi connectivity index (χ0v) is 8.29. The first-order valence-corrected chi connectivity index (χ1v) is 4.76. The first kappa shape index (κ1) is 10.3. The monoisotopic (exact) mass is 182 g/mol. The van der Waals surface area contributed by atoms with Gasteiger partial charge in [-0.15, -0.1) is 0 Å². The summed E-state index contributed by atoms with van der Waals surface area (Å²) in [6, 6.07) is 0.0903. The minimum absolute atomic E-state index is 0.0903. The minimum Gasteiger partial charge on any atom is -0.366 e. The van der Waals surface area contributed by atoms with E-state index < -0.39 is 0 Å². The highest BCUT2D eigenvalue weighted by atomic mass is 16.1. The number of carbonyl (C=O) groups excluding carboxylic acids is 1. The van der Waals surface area contributed by atoms with Gasteiger partial charge in [0, 0.05) is 11.6 Å².